The molecule has 0 spiro atoms. The Labute approximate surface area is 116 Å². The van der Waals surface area contributed by atoms with E-state index >= 15 is 0 Å². The summed E-state index contributed by atoms with van der Waals surface area (Å²) in [6.45, 7) is 1.60. The maximum Gasteiger partial charge on any atom is 0.292 e. The maximum absolute atomic E-state index is 11.0. The zero-order valence-electron chi connectivity index (χ0n) is 10.9. The van der Waals surface area contributed by atoms with Gasteiger partial charge in [0.2, 0.25) is 0 Å². The molecule has 0 saturated heterocycles. The molecule has 1 unspecified atom stereocenters. The molecule has 2 aromatic carbocycles. The van der Waals surface area contributed by atoms with Crippen LogP contribution >= 0.6 is 0 Å². The van der Waals surface area contributed by atoms with Crippen molar-refractivity contribution >= 4 is 22.7 Å². The summed E-state index contributed by atoms with van der Waals surface area (Å²) in [5, 5.41) is 26.3. The molecule has 0 aromatic heterocycles. The number of hydrogen-bond donors (Lipinski definition) is 3. The third-order valence-corrected chi connectivity index (χ3v) is 2.66. The van der Waals surface area contributed by atoms with Crippen molar-refractivity contribution in [2.75, 3.05) is 10.6 Å². The van der Waals surface area contributed by atoms with Gasteiger partial charge in [-0.25, -0.2) is 0 Å². The van der Waals surface area contributed by atoms with Crippen LogP contribution in [0.5, 0.6) is 0 Å². The summed E-state index contributed by atoms with van der Waals surface area (Å²) in [7, 11) is 0. The van der Waals surface area contributed by atoms with E-state index in [1.807, 2.05) is 12.1 Å². The first-order valence-corrected chi connectivity index (χ1v) is 6.12. The van der Waals surface area contributed by atoms with Gasteiger partial charge in [-0.1, -0.05) is 24.3 Å². The highest BCUT2D eigenvalue weighted by molar-refractivity contribution is 5.78. The SMILES string of the molecule is CC(O)Nc1ccccc1Nc1ccccc1[N+](=O)[O-]. The number of benzene rings is 2. The summed E-state index contributed by atoms with van der Waals surface area (Å²) in [4.78, 5) is 10.5. The van der Waals surface area contributed by atoms with Gasteiger partial charge in [0.25, 0.3) is 5.69 Å². The van der Waals surface area contributed by atoms with Crippen molar-refractivity contribution in [3.05, 3.63) is 58.6 Å². The van der Waals surface area contributed by atoms with E-state index in [0.29, 0.717) is 17.1 Å². The number of aliphatic hydroxyl groups is 1. The number of nitrogens with zero attached hydrogens (tertiary/aromatic N) is 1. The average molecular weight is 273 g/mol. The Balaban J connectivity index is 2.33. The van der Waals surface area contributed by atoms with Crippen LogP contribution in [0.2, 0.25) is 0 Å². The summed E-state index contributed by atoms with van der Waals surface area (Å²) in [5.74, 6) is 0. The number of nitro benzene ring substituents is 1. The zero-order valence-corrected chi connectivity index (χ0v) is 10.9. The van der Waals surface area contributed by atoms with E-state index in [1.54, 1.807) is 37.3 Å². The van der Waals surface area contributed by atoms with Gasteiger partial charge in [-0.05, 0) is 25.1 Å². The van der Waals surface area contributed by atoms with Crippen LogP contribution in [0.25, 0.3) is 0 Å². The summed E-state index contributed by atoms with van der Waals surface area (Å²) in [6, 6.07) is 13.6. The smallest absolute Gasteiger partial charge is 0.292 e. The fraction of sp³-hybridized carbons (Fsp3) is 0.143. The van der Waals surface area contributed by atoms with Gasteiger partial charge < -0.3 is 15.7 Å². The Morgan fingerprint density at radius 2 is 1.60 bits per heavy atom. The van der Waals surface area contributed by atoms with Crippen LogP contribution in [0.3, 0.4) is 0 Å². The Kier molecular flexibility index (Phi) is 4.17. The normalized spacial score (nSPS) is 11.7. The summed E-state index contributed by atoms with van der Waals surface area (Å²) < 4.78 is 0. The van der Waals surface area contributed by atoms with Crippen LogP contribution in [0.1, 0.15) is 6.92 Å². The molecule has 1 atom stereocenters. The second kappa shape index (κ2) is 6.03. The number of hydrogen-bond acceptors (Lipinski definition) is 5. The molecule has 0 heterocycles. The lowest BCUT2D eigenvalue weighted by Crippen LogP contribution is -2.14. The van der Waals surface area contributed by atoms with Crippen molar-refractivity contribution in [3.63, 3.8) is 0 Å². The fourth-order valence-corrected chi connectivity index (χ4v) is 1.83. The molecule has 0 bridgehead atoms. The van der Waals surface area contributed by atoms with E-state index < -0.39 is 11.2 Å². The van der Waals surface area contributed by atoms with Crippen molar-refractivity contribution < 1.29 is 10.0 Å². The number of nitrogens with one attached hydrogen (secondary N) is 2. The largest absolute Gasteiger partial charge is 0.374 e. The van der Waals surface area contributed by atoms with Gasteiger partial charge in [-0.3, -0.25) is 10.1 Å². The van der Waals surface area contributed by atoms with Crippen molar-refractivity contribution in [3.8, 4) is 0 Å². The summed E-state index contributed by atoms with van der Waals surface area (Å²) >= 11 is 0. The van der Waals surface area contributed by atoms with Crippen LogP contribution in [0.15, 0.2) is 48.5 Å². The third kappa shape index (κ3) is 3.24. The topological polar surface area (TPSA) is 87.4 Å². The molecule has 0 radical (unpaired) electrons. The standard InChI is InChI=1S/C14H15N3O3/c1-10(18)15-11-6-2-3-7-12(11)16-13-8-4-5-9-14(13)17(19)20/h2-10,15-16,18H,1H3. The predicted molar refractivity (Wildman–Crippen MR) is 78.1 cm³/mol. The highest BCUT2D eigenvalue weighted by Gasteiger charge is 2.13. The summed E-state index contributed by atoms with van der Waals surface area (Å²) in [5.41, 5.74) is 1.72. The maximum atomic E-state index is 11.0. The number of para-hydroxylation sites is 4. The minimum Gasteiger partial charge on any atom is -0.374 e. The zero-order chi connectivity index (χ0) is 14.5. The lowest BCUT2D eigenvalue weighted by atomic mass is 10.2. The number of rotatable bonds is 5. The minimum absolute atomic E-state index is 0.000602. The fourth-order valence-electron chi connectivity index (χ4n) is 1.83. The van der Waals surface area contributed by atoms with Gasteiger partial charge in [0.1, 0.15) is 11.9 Å². The predicted octanol–water partition coefficient (Wildman–Crippen LogP) is 3.09. The highest BCUT2D eigenvalue weighted by atomic mass is 16.6. The van der Waals surface area contributed by atoms with E-state index in [4.69, 9.17) is 0 Å². The van der Waals surface area contributed by atoms with Crippen molar-refractivity contribution in [1.82, 2.24) is 0 Å². The molecule has 2 rings (SSSR count). The molecular weight excluding hydrogens is 258 g/mol. The highest BCUT2D eigenvalue weighted by Crippen LogP contribution is 2.30. The van der Waals surface area contributed by atoms with E-state index in [1.165, 1.54) is 6.07 Å². The Morgan fingerprint density at radius 1 is 1.05 bits per heavy atom. The second-order valence-corrected chi connectivity index (χ2v) is 4.27. The van der Waals surface area contributed by atoms with Gasteiger partial charge in [0.05, 0.1) is 16.3 Å². The lowest BCUT2D eigenvalue weighted by Gasteiger charge is -2.15. The molecule has 20 heavy (non-hydrogen) atoms. The van der Waals surface area contributed by atoms with E-state index in [2.05, 4.69) is 10.6 Å². The minimum atomic E-state index is -0.719. The molecule has 0 aliphatic rings. The molecule has 0 amide bonds. The van der Waals surface area contributed by atoms with E-state index in [-0.39, 0.29) is 5.69 Å². The monoisotopic (exact) mass is 273 g/mol. The number of anilines is 3. The number of aliphatic hydroxyl groups excluding tert-OH is 1. The lowest BCUT2D eigenvalue weighted by molar-refractivity contribution is -0.383. The molecule has 0 aliphatic carbocycles. The first kappa shape index (κ1) is 13.8. The molecule has 3 N–H and O–H groups in total. The van der Waals surface area contributed by atoms with E-state index in [9.17, 15) is 15.2 Å². The number of nitro groups is 1. The van der Waals surface area contributed by atoms with Crippen LogP contribution in [-0.4, -0.2) is 16.3 Å². The third-order valence-electron chi connectivity index (χ3n) is 2.66. The molecular formula is C14H15N3O3. The average Bonchev–Trinajstić information content (AvgIpc) is 2.41. The van der Waals surface area contributed by atoms with Gasteiger partial charge in [0.15, 0.2) is 0 Å². The Morgan fingerprint density at radius 3 is 2.20 bits per heavy atom. The van der Waals surface area contributed by atoms with Gasteiger partial charge in [-0.2, -0.15) is 0 Å². The van der Waals surface area contributed by atoms with Gasteiger partial charge in [-0.15, -0.1) is 0 Å². The van der Waals surface area contributed by atoms with Crippen LogP contribution in [0, 0.1) is 10.1 Å². The van der Waals surface area contributed by atoms with Crippen LogP contribution < -0.4 is 10.6 Å². The molecule has 0 saturated carbocycles. The molecule has 2 aromatic rings. The molecule has 104 valence electrons. The van der Waals surface area contributed by atoms with E-state index in [0.717, 1.165) is 0 Å². The van der Waals surface area contributed by atoms with Crippen molar-refractivity contribution in [2.45, 2.75) is 13.2 Å². The molecule has 6 nitrogen and oxygen atoms in total. The van der Waals surface area contributed by atoms with Gasteiger partial charge in [0, 0.05) is 6.07 Å². The first-order chi connectivity index (χ1) is 9.58. The van der Waals surface area contributed by atoms with Crippen molar-refractivity contribution in [1.29, 1.82) is 0 Å². The second-order valence-electron chi connectivity index (χ2n) is 4.27. The Bertz CT molecular complexity index is 614. The van der Waals surface area contributed by atoms with Gasteiger partial charge >= 0.3 is 0 Å². The molecule has 0 aliphatic heterocycles. The van der Waals surface area contributed by atoms with Crippen molar-refractivity contribution in [2.24, 2.45) is 0 Å². The quantitative estimate of drug-likeness (QED) is 0.442. The molecule has 0 fully saturated rings. The summed E-state index contributed by atoms with van der Waals surface area (Å²) in [6.07, 6.45) is -0.719. The molecule has 6 heteroatoms. The Hall–Kier alpha value is -2.60. The first-order valence-electron chi connectivity index (χ1n) is 6.12. The van der Waals surface area contributed by atoms with Crippen LogP contribution in [-0.2, 0) is 0 Å². The van der Waals surface area contributed by atoms with Crippen LogP contribution in [0.4, 0.5) is 22.7 Å².